The summed E-state index contributed by atoms with van der Waals surface area (Å²) in [6.07, 6.45) is 1.52. The number of amides is 1. The fraction of sp³-hybridized carbons (Fsp3) is 0.429. The molecule has 0 saturated heterocycles. The maximum atomic E-state index is 10.8. The molecule has 0 spiro atoms. The SMILES string of the molecule is C=CCNC(=O)C(Cl)C(C)=O. The fourth-order valence-electron chi connectivity index (χ4n) is 0.447. The van der Waals surface area contributed by atoms with E-state index in [-0.39, 0.29) is 5.78 Å². The lowest BCUT2D eigenvalue weighted by atomic mass is 10.3. The number of alkyl halides is 1. The highest BCUT2D eigenvalue weighted by molar-refractivity contribution is 6.41. The second-order valence-electron chi connectivity index (χ2n) is 2.01. The van der Waals surface area contributed by atoms with Gasteiger partial charge in [-0.15, -0.1) is 18.2 Å². The average molecular weight is 176 g/mol. The number of carbonyl (C=O) groups excluding carboxylic acids is 2. The van der Waals surface area contributed by atoms with Crippen molar-refractivity contribution in [1.29, 1.82) is 0 Å². The predicted octanol–water partition coefficient (Wildman–Crippen LogP) is 0.485. The summed E-state index contributed by atoms with van der Waals surface area (Å²) in [5.41, 5.74) is 0. The summed E-state index contributed by atoms with van der Waals surface area (Å²) < 4.78 is 0. The van der Waals surface area contributed by atoms with Crippen LogP contribution in [-0.4, -0.2) is 23.6 Å². The van der Waals surface area contributed by atoms with E-state index in [9.17, 15) is 9.59 Å². The van der Waals surface area contributed by atoms with Crippen molar-refractivity contribution in [2.75, 3.05) is 6.54 Å². The van der Waals surface area contributed by atoms with Crippen LogP contribution in [0.3, 0.4) is 0 Å². The van der Waals surface area contributed by atoms with Gasteiger partial charge in [-0.1, -0.05) is 6.08 Å². The van der Waals surface area contributed by atoms with Crippen molar-refractivity contribution in [3.05, 3.63) is 12.7 Å². The van der Waals surface area contributed by atoms with E-state index in [1.165, 1.54) is 13.0 Å². The minimum Gasteiger partial charge on any atom is -0.351 e. The van der Waals surface area contributed by atoms with E-state index in [2.05, 4.69) is 11.9 Å². The third kappa shape index (κ3) is 3.78. The molecular formula is C7H10ClNO2. The number of hydrogen-bond acceptors (Lipinski definition) is 2. The molecule has 0 heterocycles. The van der Waals surface area contributed by atoms with Gasteiger partial charge in [0, 0.05) is 6.54 Å². The first-order valence-corrected chi connectivity index (χ1v) is 3.56. The quantitative estimate of drug-likeness (QED) is 0.384. The van der Waals surface area contributed by atoms with E-state index in [1.54, 1.807) is 0 Å². The molecule has 0 aromatic heterocycles. The van der Waals surface area contributed by atoms with Crippen molar-refractivity contribution in [1.82, 2.24) is 5.32 Å². The van der Waals surface area contributed by atoms with Crippen molar-refractivity contribution in [3.63, 3.8) is 0 Å². The van der Waals surface area contributed by atoms with E-state index in [0.29, 0.717) is 6.54 Å². The van der Waals surface area contributed by atoms with Gasteiger partial charge in [0.15, 0.2) is 11.2 Å². The minimum atomic E-state index is -1.07. The summed E-state index contributed by atoms with van der Waals surface area (Å²) in [6, 6.07) is 0. The maximum absolute atomic E-state index is 10.8. The minimum absolute atomic E-state index is 0.329. The van der Waals surface area contributed by atoms with E-state index in [4.69, 9.17) is 11.6 Å². The van der Waals surface area contributed by atoms with Crippen molar-refractivity contribution in [2.24, 2.45) is 0 Å². The molecule has 0 radical (unpaired) electrons. The highest BCUT2D eigenvalue weighted by atomic mass is 35.5. The van der Waals surface area contributed by atoms with E-state index >= 15 is 0 Å². The Morgan fingerprint density at radius 2 is 2.27 bits per heavy atom. The third-order valence-corrected chi connectivity index (χ3v) is 1.51. The van der Waals surface area contributed by atoms with Gasteiger partial charge in [-0.2, -0.15) is 0 Å². The van der Waals surface area contributed by atoms with Gasteiger partial charge in [0.1, 0.15) is 0 Å². The van der Waals surface area contributed by atoms with Gasteiger partial charge in [-0.25, -0.2) is 0 Å². The zero-order valence-electron chi connectivity index (χ0n) is 6.26. The molecular weight excluding hydrogens is 166 g/mol. The molecule has 4 heteroatoms. The smallest absolute Gasteiger partial charge is 0.245 e. The van der Waals surface area contributed by atoms with Gasteiger partial charge in [-0.3, -0.25) is 9.59 Å². The maximum Gasteiger partial charge on any atom is 0.245 e. The highest BCUT2D eigenvalue weighted by Crippen LogP contribution is 1.96. The summed E-state index contributed by atoms with van der Waals surface area (Å²) in [7, 11) is 0. The van der Waals surface area contributed by atoms with Crippen LogP contribution in [0.5, 0.6) is 0 Å². The van der Waals surface area contributed by atoms with Crippen LogP contribution in [0, 0.1) is 0 Å². The molecule has 1 N–H and O–H groups in total. The van der Waals surface area contributed by atoms with Crippen LogP contribution >= 0.6 is 11.6 Å². The zero-order valence-corrected chi connectivity index (χ0v) is 7.02. The molecule has 11 heavy (non-hydrogen) atoms. The molecule has 0 aromatic rings. The molecule has 1 amide bonds. The molecule has 0 fully saturated rings. The number of rotatable bonds is 4. The Morgan fingerprint density at radius 1 is 1.73 bits per heavy atom. The normalized spacial score (nSPS) is 11.8. The molecule has 0 rings (SSSR count). The largest absolute Gasteiger partial charge is 0.351 e. The molecule has 0 aliphatic heterocycles. The number of halogens is 1. The zero-order chi connectivity index (χ0) is 8.85. The monoisotopic (exact) mass is 175 g/mol. The molecule has 0 aromatic carbocycles. The van der Waals surface area contributed by atoms with Crippen LogP contribution in [0.4, 0.5) is 0 Å². The summed E-state index contributed by atoms with van der Waals surface area (Å²) in [4.78, 5) is 21.4. The Hall–Kier alpha value is -0.830. The topological polar surface area (TPSA) is 46.2 Å². The number of ketones is 1. The van der Waals surface area contributed by atoms with E-state index in [1.807, 2.05) is 0 Å². The third-order valence-electron chi connectivity index (χ3n) is 1.01. The van der Waals surface area contributed by atoms with Crippen LogP contribution < -0.4 is 5.32 Å². The molecule has 3 nitrogen and oxygen atoms in total. The fourth-order valence-corrected chi connectivity index (χ4v) is 0.524. The Morgan fingerprint density at radius 3 is 2.64 bits per heavy atom. The Labute approximate surface area is 70.4 Å². The van der Waals surface area contributed by atoms with Crippen LogP contribution in [0.2, 0.25) is 0 Å². The summed E-state index contributed by atoms with van der Waals surface area (Å²) in [6.45, 7) is 4.99. The second-order valence-corrected chi connectivity index (χ2v) is 2.44. The van der Waals surface area contributed by atoms with Crippen molar-refractivity contribution >= 4 is 23.3 Å². The van der Waals surface area contributed by atoms with Gasteiger partial charge in [0.05, 0.1) is 0 Å². The van der Waals surface area contributed by atoms with Crippen molar-refractivity contribution in [2.45, 2.75) is 12.3 Å². The molecule has 0 bridgehead atoms. The lowest BCUT2D eigenvalue weighted by Crippen LogP contribution is -2.35. The lowest BCUT2D eigenvalue weighted by Gasteiger charge is -2.04. The Bertz CT molecular complexity index is 179. The predicted molar refractivity (Wildman–Crippen MR) is 43.5 cm³/mol. The number of nitrogens with one attached hydrogen (secondary N) is 1. The van der Waals surface area contributed by atoms with Crippen molar-refractivity contribution in [3.8, 4) is 0 Å². The number of hydrogen-bond donors (Lipinski definition) is 1. The Kier molecular flexibility index (Phi) is 4.54. The second kappa shape index (κ2) is 4.91. The molecule has 0 aliphatic carbocycles. The summed E-state index contributed by atoms with van der Waals surface area (Å²) in [5, 5.41) is 1.33. The van der Waals surface area contributed by atoms with Gasteiger partial charge in [0.2, 0.25) is 5.91 Å². The molecule has 0 saturated carbocycles. The molecule has 1 unspecified atom stereocenters. The van der Waals surface area contributed by atoms with Gasteiger partial charge in [0.25, 0.3) is 0 Å². The molecule has 1 atom stereocenters. The first-order chi connectivity index (χ1) is 5.09. The van der Waals surface area contributed by atoms with Gasteiger partial charge in [-0.05, 0) is 6.92 Å². The standard InChI is InChI=1S/C7H10ClNO2/c1-3-4-9-7(11)6(8)5(2)10/h3,6H,1,4H2,2H3,(H,9,11). The van der Waals surface area contributed by atoms with Gasteiger partial charge >= 0.3 is 0 Å². The van der Waals surface area contributed by atoms with Crippen LogP contribution in [-0.2, 0) is 9.59 Å². The first-order valence-electron chi connectivity index (χ1n) is 3.12. The lowest BCUT2D eigenvalue weighted by molar-refractivity contribution is -0.126. The highest BCUT2D eigenvalue weighted by Gasteiger charge is 2.18. The number of carbonyl (C=O) groups is 2. The summed E-state index contributed by atoms with van der Waals surface area (Å²) in [5.74, 6) is -0.827. The van der Waals surface area contributed by atoms with Crippen molar-refractivity contribution < 1.29 is 9.59 Å². The van der Waals surface area contributed by atoms with Crippen LogP contribution in [0.15, 0.2) is 12.7 Å². The van der Waals surface area contributed by atoms with E-state index < -0.39 is 11.3 Å². The Balaban J connectivity index is 3.82. The van der Waals surface area contributed by atoms with E-state index in [0.717, 1.165) is 0 Å². The first kappa shape index (κ1) is 10.2. The number of Topliss-reactive ketones (excluding diaryl/α,β-unsaturated/α-hetero) is 1. The van der Waals surface area contributed by atoms with Crippen LogP contribution in [0.1, 0.15) is 6.92 Å². The summed E-state index contributed by atoms with van der Waals surface area (Å²) >= 11 is 5.41. The van der Waals surface area contributed by atoms with Crippen LogP contribution in [0.25, 0.3) is 0 Å². The molecule has 0 aliphatic rings. The average Bonchev–Trinajstić information content (AvgIpc) is 1.98. The van der Waals surface area contributed by atoms with Gasteiger partial charge < -0.3 is 5.32 Å². The molecule has 62 valence electrons.